The Bertz CT molecular complexity index is 1100. The minimum Gasteiger partial charge on any atom is -0.475 e. The molecule has 0 saturated carbocycles. The monoisotopic (exact) mass is 368 g/mol. The van der Waals surface area contributed by atoms with Crippen LogP contribution in [0.3, 0.4) is 0 Å². The summed E-state index contributed by atoms with van der Waals surface area (Å²) in [5.41, 5.74) is 0.499. The van der Waals surface area contributed by atoms with Crippen LogP contribution in [0.5, 0.6) is 5.88 Å². The van der Waals surface area contributed by atoms with Gasteiger partial charge in [-0.25, -0.2) is 9.37 Å². The Balaban J connectivity index is 1.91. The molecule has 0 atom stereocenters. The summed E-state index contributed by atoms with van der Waals surface area (Å²) in [6.45, 7) is 0.205. The van der Waals surface area contributed by atoms with Gasteiger partial charge >= 0.3 is 0 Å². The lowest BCUT2D eigenvalue weighted by Crippen LogP contribution is -2.28. The number of nitriles is 1. The zero-order valence-corrected chi connectivity index (χ0v) is 14.1. The lowest BCUT2D eigenvalue weighted by atomic mass is 10.3. The summed E-state index contributed by atoms with van der Waals surface area (Å²) >= 11 is 0. The number of nitrogens with zero attached hydrogens (tertiary/aromatic N) is 5. The van der Waals surface area contributed by atoms with Crippen LogP contribution in [-0.4, -0.2) is 45.7 Å². The molecule has 136 valence electrons. The highest BCUT2D eigenvalue weighted by Gasteiger charge is 2.19. The minimum atomic E-state index is -0.732. The Labute approximate surface area is 152 Å². The fourth-order valence-electron chi connectivity index (χ4n) is 2.64. The Morgan fingerprint density at radius 1 is 1.41 bits per heavy atom. The topological polar surface area (TPSA) is 129 Å². The lowest BCUT2D eigenvalue weighted by Gasteiger charge is -2.11. The van der Waals surface area contributed by atoms with Crippen molar-refractivity contribution >= 4 is 29.0 Å². The molecule has 3 aromatic rings. The summed E-state index contributed by atoms with van der Waals surface area (Å²) in [6.07, 6.45) is 1.40. The lowest BCUT2D eigenvalue weighted by molar-refractivity contribution is 0.0948. The van der Waals surface area contributed by atoms with Gasteiger partial charge in [-0.1, -0.05) is 0 Å². The van der Waals surface area contributed by atoms with Crippen LogP contribution in [0.25, 0.3) is 5.65 Å². The largest absolute Gasteiger partial charge is 0.475 e. The van der Waals surface area contributed by atoms with Gasteiger partial charge in [0.05, 0.1) is 12.7 Å². The van der Waals surface area contributed by atoms with Crippen LogP contribution in [-0.2, 0) is 0 Å². The number of rotatable bonds is 1. The predicted molar refractivity (Wildman–Crippen MR) is 92.6 cm³/mol. The first-order valence-corrected chi connectivity index (χ1v) is 7.96. The first-order chi connectivity index (χ1) is 13.1. The standard InChI is InChI=1S/C16H13FN8O2/c1-19-12-5-11-22-13-10(17)4-8(6-18)16(24-13)27-3-2-20-15(26)9-7-21-25(12)14(9)23-11/h4-5,7,19H,2-3H2,1H3,(H,20,26)(H,22,23,24). The van der Waals surface area contributed by atoms with E-state index < -0.39 is 5.82 Å². The van der Waals surface area contributed by atoms with Crippen molar-refractivity contribution in [3.05, 3.63) is 35.3 Å². The molecule has 4 heterocycles. The first kappa shape index (κ1) is 16.5. The van der Waals surface area contributed by atoms with Crippen molar-refractivity contribution in [2.24, 2.45) is 0 Å². The zero-order valence-electron chi connectivity index (χ0n) is 14.1. The number of fused-ring (bicyclic) bond motifs is 3. The fourth-order valence-corrected chi connectivity index (χ4v) is 2.64. The summed E-state index contributed by atoms with van der Waals surface area (Å²) in [5.74, 6) is -0.532. The number of anilines is 3. The van der Waals surface area contributed by atoms with E-state index in [1.54, 1.807) is 13.1 Å². The number of hydrogen-bond acceptors (Lipinski definition) is 8. The van der Waals surface area contributed by atoms with Gasteiger partial charge in [-0.2, -0.15) is 19.9 Å². The SMILES string of the molecule is CNc1cc2nc3c(cnn13)C(=O)NCCOc1nc(c(F)cc1C#N)N2. The molecule has 1 aliphatic heterocycles. The molecular weight excluding hydrogens is 355 g/mol. The normalized spacial score (nSPS) is 13.4. The van der Waals surface area contributed by atoms with Gasteiger partial charge in [0.25, 0.3) is 5.91 Å². The Hall–Kier alpha value is -3.94. The Kier molecular flexibility index (Phi) is 3.92. The van der Waals surface area contributed by atoms with Crippen LogP contribution in [0.4, 0.5) is 21.8 Å². The molecule has 4 bridgehead atoms. The summed E-state index contributed by atoms with van der Waals surface area (Å²) in [7, 11) is 1.68. The number of aromatic nitrogens is 4. The quantitative estimate of drug-likeness (QED) is 0.581. The average Bonchev–Trinajstić information content (AvgIpc) is 3.09. The van der Waals surface area contributed by atoms with Crippen LogP contribution in [0.15, 0.2) is 18.3 Å². The third-order valence-electron chi connectivity index (χ3n) is 3.91. The number of amides is 1. The van der Waals surface area contributed by atoms with E-state index in [-0.39, 0.29) is 53.3 Å². The van der Waals surface area contributed by atoms with E-state index in [0.717, 1.165) is 6.07 Å². The third kappa shape index (κ3) is 2.82. The van der Waals surface area contributed by atoms with Crippen molar-refractivity contribution in [3.63, 3.8) is 0 Å². The van der Waals surface area contributed by atoms with Crippen LogP contribution in [0.2, 0.25) is 0 Å². The molecule has 0 spiro atoms. The molecule has 4 rings (SSSR count). The molecule has 1 amide bonds. The first-order valence-electron chi connectivity index (χ1n) is 7.96. The summed E-state index contributed by atoms with van der Waals surface area (Å²) in [4.78, 5) is 20.8. The van der Waals surface area contributed by atoms with Crippen molar-refractivity contribution in [3.8, 4) is 11.9 Å². The Morgan fingerprint density at radius 3 is 3.04 bits per heavy atom. The molecule has 0 saturated heterocycles. The van der Waals surface area contributed by atoms with Crippen molar-refractivity contribution in [1.29, 1.82) is 5.26 Å². The van der Waals surface area contributed by atoms with Gasteiger partial charge in [-0.05, 0) is 0 Å². The second-order valence-electron chi connectivity index (χ2n) is 5.58. The molecule has 0 fully saturated rings. The molecule has 1 aliphatic rings. The van der Waals surface area contributed by atoms with Gasteiger partial charge in [0, 0.05) is 19.2 Å². The fraction of sp³-hybridized carbons (Fsp3) is 0.188. The third-order valence-corrected chi connectivity index (χ3v) is 3.91. The van der Waals surface area contributed by atoms with Gasteiger partial charge in [0.2, 0.25) is 5.88 Å². The molecule has 27 heavy (non-hydrogen) atoms. The maximum atomic E-state index is 14.4. The molecule has 0 unspecified atom stereocenters. The van der Waals surface area contributed by atoms with Gasteiger partial charge in [0.1, 0.15) is 35.4 Å². The van der Waals surface area contributed by atoms with Crippen LogP contribution >= 0.6 is 0 Å². The van der Waals surface area contributed by atoms with Crippen molar-refractivity contribution in [2.45, 2.75) is 0 Å². The smallest absolute Gasteiger partial charge is 0.256 e. The summed E-state index contributed by atoms with van der Waals surface area (Å²) in [5, 5.41) is 21.7. The Morgan fingerprint density at radius 2 is 2.26 bits per heavy atom. The number of halogens is 1. The molecule has 0 aliphatic carbocycles. The number of nitrogens with one attached hydrogen (secondary N) is 3. The number of carbonyl (C=O) groups is 1. The second kappa shape index (κ2) is 6.41. The average molecular weight is 368 g/mol. The molecular formula is C16H13FN8O2. The van der Waals surface area contributed by atoms with Gasteiger partial charge < -0.3 is 20.7 Å². The number of hydrogen-bond donors (Lipinski definition) is 3. The van der Waals surface area contributed by atoms with E-state index in [2.05, 4.69) is 31.0 Å². The molecule has 11 heteroatoms. The molecule has 10 nitrogen and oxygen atoms in total. The van der Waals surface area contributed by atoms with E-state index in [1.165, 1.54) is 10.7 Å². The number of carbonyl (C=O) groups excluding carboxylic acids is 1. The van der Waals surface area contributed by atoms with Crippen LogP contribution < -0.4 is 20.7 Å². The number of ether oxygens (including phenoxy) is 1. The predicted octanol–water partition coefficient (Wildman–Crippen LogP) is 1.04. The summed E-state index contributed by atoms with van der Waals surface area (Å²) < 4.78 is 21.3. The minimum absolute atomic E-state index is 0.0344. The molecule has 3 aromatic heterocycles. The van der Waals surface area contributed by atoms with E-state index >= 15 is 0 Å². The summed E-state index contributed by atoms with van der Waals surface area (Å²) in [6, 6.07) is 4.45. The number of pyridine rings is 1. The second-order valence-corrected chi connectivity index (χ2v) is 5.58. The van der Waals surface area contributed by atoms with Gasteiger partial charge in [-0.3, -0.25) is 4.79 Å². The van der Waals surface area contributed by atoms with Crippen molar-refractivity contribution in [2.75, 3.05) is 30.8 Å². The van der Waals surface area contributed by atoms with Crippen molar-refractivity contribution < 1.29 is 13.9 Å². The highest BCUT2D eigenvalue weighted by Crippen LogP contribution is 2.26. The van der Waals surface area contributed by atoms with E-state index in [1.807, 2.05) is 6.07 Å². The molecule has 0 aromatic carbocycles. The maximum absolute atomic E-state index is 14.4. The van der Waals surface area contributed by atoms with Gasteiger partial charge in [0.15, 0.2) is 17.3 Å². The van der Waals surface area contributed by atoms with E-state index in [4.69, 9.17) is 10.00 Å². The highest BCUT2D eigenvalue weighted by molar-refractivity contribution is 6.00. The highest BCUT2D eigenvalue weighted by atomic mass is 19.1. The molecule has 0 radical (unpaired) electrons. The molecule has 3 N–H and O–H groups in total. The van der Waals surface area contributed by atoms with Crippen molar-refractivity contribution in [1.82, 2.24) is 24.9 Å². The van der Waals surface area contributed by atoms with E-state index in [9.17, 15) is 9.18 Å². The van der Waals surface area contributed by atoms with E-state index in [0.29, 0.717) is 5.82 Å². The zero-order chi connectivity index (χ0) is 19.0. The van der Waals surface area contributed by atoms with Gasteiger partial charge in [-0.15, -0.1) is 0 Å². The maximum Gasteiger partial charge on any atom is 0.256 e. The van der Waals surface area contributed by atoms with Crippen LogP contribution in [0, 0.1) is 17.1 Å². The van der Waals surface area contributed by atoms with Crippen LogP contribution in [0.1, 0.15) is 15.9 Å².